The molecule has 0 aromatic heterocycles. The average molecular weight is 215 g/mol. The quantitative estimate of drug-likeness (QED) is 0.301. The van der Waals surface area contributed by atoms with Crippen molar-refractivity contribution >= 4 is 16.5 Å². The Morgan fingerprint density at radius 3 is 0.778 bits per heavy atom. The molecule has 0 aromatic rings. The summed E-state index contributed by atoms with van der Waals surface area (Å²) in [7, 11) is -7.26. The van der Waals surface area contributed by atoms with Gasteiger partial charge in [-0.3, -0.25) is 0 Å². The zero-order chi connectivity index (χ0) is 7.15. The molecule has 0 saturated heterocycles. The van der Waals surface area contributed by atoms with Gasteiger partial charge in [0.05, 0.1) is 0 Å². The largest absolute Gasteiger partial charge is 4.00 e. The van der Waals surface area contributed by atoms with Crippen LogP contribution in [0, 0.1) is 0 Å². The van der Waals surface area contributed by atoms with Crippen molar-refractivity contribution in [1.82, 2.24) is 0 Å². The molecule has 0 rings (SSSR count). The van der Waals surface area contributed by atoms with Gasteiger partial charge in [-0.2, -0.15) is 0 Å². The molecule has 0 heterocycles. The molecule has 0 unspecified atom stereocenters. The molecule has 0 aliphatic heterocycles. The van der Waals surface area contributed by atoms with Gasteiger partial charge >= 0.3 is 17.1 Å². The fraction of sp³-hybridized carbons (Fsp3) is 0. The third kappa shape index (κ3) is 611. The Kier molecular flexibility index (Phi) is 21.2. The molecule has 55 valence electrons. The molecule has 0 aliphatic carbocycles. The summed E-state index contributed by atoms with van der Waals surface area (Å²) in [6.45, 7) is 0. The minimum absolute atomic E-state index is 0. The molecular weight excluding hydrogens is 213 g/mol. The van der Waals surface area contributed by atoms with E-state index in [9.17, 15) is 0 Å². The van der Waals surface area contributed by atoms with Crippen molar-refractivity contribution in [2.75, 3.05) is 0 Å². The van der Waals surface area contributed by atoms with Crippen LogP contribution in [0.15, 0.2) is 0 Å². The molecule has 0 bridgehead atoms. The fourth-order valence-electron chi connectivity index (χ4n) is 0. The number of hydrogen-bond acceptors (Lipinski definition) is 6. The summed E-state index contributed by atoms with van der Waals surface area (Å²) in [5.41, 5.74) is 0. The van der Waals surface area contributed by atoms with E-state index in [2.05, 4.69) is 0 Å². The molecule has 1 radical (unpaired) electrons. The van der Waals surface area contributed by atoms with Gasteiger partial charge in [-0.25, -0.2) is 0 Å². The Morgan fingerprint density at radius 1 is 0.778 bits per heavy atom. The molecule has 0 atom stereocenters. The first-order valence-corrected chi connectivity index (χ1v) is 3.67. The second-order valence-corrected chi connectivity index (χ2v) is 1.50. The molecule has 0 saturated carbocycles. The van der Waals surface area contributed by atoms with Crippen LogP contribution in [0.5, 0.6) is 0 Å². The summed E-state index contributed by atoms with van der Waals surface area (Å²) < 4.78 is 17.0. The van der Waals surface area contributed by atoms with E-state index in [-0.39, 0.29) is 17.1 Å². The van der Waals surface area contributed by atoms with Gasteiger partial charge in [0.15, 0.2) is 0 Å². The van der Waals surface area contributed by atoms with E-state index in [1.54, 1.807) is 0 Å². The topological polar surface area (TPSA) is 126 Å². The first-order valence-electron chi connectivity index (χ1n) is 1.22. The van der Waals surface area contributed by atoms with E-state index < -0.39 is 16.5 Å². The van der Waals surface area contributed by atoms with Crippen LogP contribution in [0.4, 0.5) is 0 Å². The SMILES string of the molecule is O=[PH]([O-])[O-].O=[PH]([O-])[O-].[Mn+4]. The molecule has 0 spiro atoms. The standard InChI is InChI=1S/Mn.2H3O3P/c;2*1-4(2)3/h;2*4H,(H2,1,2,3)/q+4;;/p-4. The summed E-state index contributed by atoms with van der Waals surface area (Å²) in [5.74, 6) is 0. The average Bonchev–Trinajstić information content (AvgIpc) is 1.25. The zero-order valence-electron chi connectivity index (χ0n) is 3.83. The third-order valence-corrected chi connectivity index (χ3v) is 0. The smallest absolute Gasteiger partial charge is 0.813 e. The maximum absolute atomic E-state index is 8.52. The Labute approximate surface area is 62.9 Å². The van der Waals surface area contributed by atoms with Crippen LogP contribution >= 0.6 is 16.5 Å². The van der Waals surface area contributed by atoms with E-state index in [1.807, 2.05) is 0 Å². The van der Waals surface area contributed by atoms with Crippen LogP contribution in [-0.2, 0) is 26.2 Å². The normalized spacial score (nSPS) is 7.78. The van der Waals surface area contributed by atoms with Crippen LogP contribution < -0.4 is 19.6 Å². The van der Waals surface area contributed by atoms with Crippen LogP contribution in [-0.4, -0.2) is 0 Å². The molecular formula is H2MnO6P2. The summed E-state index contributed by atoms with van der Waals surface area (Å²) in [6, 6.07) is 0. The van der Waals surface area contributed by atoms with Gasteiger partial charge in [0, 0.05) is 0 Å². The Hall–Kier alpha value is 0.819. The van der Waals surface area contributed by atoms with Crippen LogP contribution in [0.25, 0.3) is 0 Å². The molecule has 0 N–H and O–H groups in total. The summed E-state index contributed by atoms with van der Waals surface area (Å²) in [6.07, 6.45) is 0. The van der Waals surface area contributed by atoms with Crippen molar-refractivity contribution < 1.29 is 45.8 Å². The molecule has 0 amide bonds. The van der Waals surface area contributed by atoms with Gasteiger partial charge in [-0.15, -0.1) is 0 Å². The number of rotatable bonds is 0. The first kappa shape index (κ1) is 16.4. The van der Waals surface area contributed by atoms with Crippen molar-refractivity contribution in [2.45, 2.75) is 0 Å². The maximum atomic E-state index is 8.52. The molecule has 9 heteroatoms. The predicted octanol–water partition coefficient (Wildman–Crippen LogP) is -3.81. The van der Waals surface area contributed by atoms with Crippen molar-refractivity contribution in [3.63, 3.8) is 0 Å². The van der Waals surface area contributed by atoms with Gasteiger partial charge in [0.1, 0.15) is 0 Å². The summed E-state index contributed by atoms with van der Waals surface area (Å²) >= 11 is 0. The van der Waals surface area contributed by atoms with E-state index >= 15 is 0 Å². The minimum Gasteiger partial charge on any atom is -0.813 e. The van der Waals surface area contributed by atoms with Crippen molar-refractivity contribution in [1.29, 1.82) is 0 Å². The van der Waals surface area contributed by atoms with E-state index in [4.69, 9.17) is 28.7 Å². The van der Waals surface area contributed by atoms with E-state index in [1.165, 1.54) is 0 Å². The molecule has 6 nitrogen and oxygen atoms in total. The monoisotopic (exact) mass is 215 g/mol. The minimum atomic E-state index is -3.63. The molecule has 0 fully saturated rings. The van der Waals surface area contributed by atoms with Gasteiger partial charge in [-0.1, -0.05) is 16.5 Å². The Morgan fingerprint density at radius 2 is 0.778 bits per heavy atom. The van der Waals surface area contributed by atoms with Crippen LogP contribution in [0.3, 0.4) is 0 Å². The van der Waals surface area contributed by atoms with Gasteiger partial charge in [-0.05, 0) is 0 Å². The second-order valence-electron chi connectivity index (χ2n) is 0.500. The van der Waals surface area contributed by atoms with Crippen molar-refractivity contribution in [3.05, 3.63) is 0 Å². The molecule has 0 aliphatic rings. The summed E-state index contributed by atoms with van der Waals surface area (Å²) in [4.78, 5) is 34.1. The van der Waals surface area contributed by atoms with Gasteiger partial charge in [0.25, 0.3) is 0 Å². The predicted molar refractivity (Wildman–Crippen MR) is 18.0 cm³/mol. The first-order chi connectivity index (χ1) is 3.46. The fourth-order valence-corrected chi connectivity index (χ4v) is 0. The third-order valence-electron chi connectivity index (χ3n) is 0. The second kappa shape index (κ2) is 11.6. The number of hydrogen-bond donors (Lipinski definition) is 0. The van der Waals surface area contributed by atoms with Crippen LogP contribution in [0.1, 0.15) is 0 Å². The Bertz CT molecular complexity index is 69.1. The van der Waals surface area contributed by atoms with Crippen molar-refractivity contribution in [2.24, 2.45) is 0 Å². The Balaban J connectivity index is -0.0000000720. The molecule has 0 aromatic carbocycles. The van der Waals surface area contributed by atoms with E-state index in [0.717, 1.165) is 0 Å². The maximum Gasteiger partial charge on any atom is 4.00 e. The molecule has 9 heavy (non-hydrogen) atoms. The van der Waals surface area contributed by atoms with Gasteiger partial charge < -0.3 is 28.7 Å². The van der Waals surface area contributed by atoms with Gasteiger partial charge in [0.2, 0.25) is 0 Å². The van der Waals surface area contributed by atoms with Crippen LogP contribution in [0.2, 0.25) is 0 Å². The van der Waals surface area contributed by atoms with Crippen molar-refractivity contribution in [3.8, 4) is 0 Å². The summed E-state index contributed by atoms with van der Waals surface area (Å²) in [5, 5.41) is 0. The van der Waals surface area contributed by atoms with E-state index in [0.29, 0.717) is 0 Å². The zero-order valence-corrected chi connectivity index (χ0v) is 7.01.